The summed E-state index contributed by atoms with van der Waals surface area (Å²) in [5.41, 5.74) is 4.88. The fourth-order valence-corrected chi connectivity index (χ4v) is 2.21. The van der Waals surface area contributed by atoms with Crippen LogP contribution in [0, 0.1) is 5.41 Å². The SMILES string of the molecule is CCNc1nc(Cl)nc(N2CCC(C)(C(N)=O)C2)n1. The predicted octanol–water partition coefficient (Wildman–Crippen LogP) is 0.658. The first kappa shape index (κ1) is 13.8. The van der Waals surface area contributed by atoms with Crippen molar-refractivity contribution in [3.05, 3.63) is 5.28 Å². The van der Waals surface area contributed by atoms with E-state index in [-0.39, 0.29) is 11.2 Å². The van der Waals surface area contributed by atoms with Gasteiger partial charge in [-0.3, -0.25) is 4.79 Å². The highest BCUT2D eigenvalue weighted by molar-refractivity contribution is 6.28. The van der Waals surface area contributed by atoms with Gasteiger partial charge in [-0.2, -0.15) is 15.0 Å². The fourth-order valence-electron chi connectivity index (χ4n) is 2.05. The molecule has 0 bridgehead atoms. The second-order valence-electron chi connectivity index (χ2n) is 4.85. The van der Waals surface area contributed by atoms with E-state index < -0.39 is 5.41 Å². The van der Waals surface area contributed by atoms with Gasteiger partial charge in [-0.1, -0.05) is 0 Å². The zero-order valence-corrected chi connectivity index (χ0v) is 11.7. The van der Waals surface area contributed by atoms with E-state index in [4.69, 9.17) is 17.3 Å². The Morgan fingerprint density at radius 2 is 2.26 bits per heavy atom. The number of nitrogens with zero attached hydrogens (tertiary/aromatic N) is 4. The Hall–Kier alpha value is -1.63. The standard InChI is InChI=1S/C11H17ClN6O/c1-3-14-9-15-8(12)16-10(17-9)18-5-4-11(2,6-18)7(13)19/h3-6H2,1-2H3,(H2,13,19)(H,14,15,16,17). The van der Waals surface area contributed by atoms with Crippen molar-refractivity contribution in [2.24, 2.45) is 11.1 Å². The predicted molar refractivity (Wildman–Crippen MR) is 73.1 cm³/mol. The summed E-state index contributed by atoms with van der Waals surface area (Å²) in [6, 6.07) is 0. The van der Waals surface area contributed by atoms with Gasteiger partial charge in [-0.25, -0.2) is 0 Å². The lowest BCUT2D eigenvalue weighted by atomic mass is 9.89. The summed E-state index contributed by atoms with van der Waals surface area (Å²) in [6.07, 6.45) is 0.683. The second kappa shape index (κ2) is 5.16. The molecule has 19 heavy (non-hydrogen) atoms. The minimum atomic E-state index is -0.544. The Kier molecular flexibility index (Phi) is 3.75. The van der Waals surface area contributed by atoms with Crippen LogP contribution in [0.15, 0.2) is 0 Å². The molecule has 1 unspecified atom stereocenters. The molecule has 2 rings (SSSR count). The molecule has 1 atom stereocenters. The molecule has 0 radical (unpaired) electrons. The topological polar surface area (TPSA) is 97.0 Å². The quantitative estimate of drug-likeness (QED) is 0.843. The number of anilines is 2. The number of aromatic nitrogens is 3. The van der Waals surface area contributed by atoms with Crippen LogP contribution in [0.3, 0.4) is 0 Å². The third-order valence-corrected chi connectivity index (χ3v) is 3.45. The van der Waals surface area contributed by atoms with Gasteiger partial charge in [-0.15, -0.1) is 0 Å². The average Bonchev–Trinajstić information content (AvgIpc) is 2.73. The van der Waals surface area contributed by atoms with Crippen molar-refractivity contribution >= 4 is 29.4 Å². The number of carbonyl (C=O) groups excluding carboxylic acids is 1. The minimum Gasteiger partial charge on any atom is -0.369 e. The Morgan fingerprint density at radius 3 is 2.84 bits per heavy atom. The fraction of sp³-hybridized carbons (Fsp3) is 0.636. The maximum absolute atomic E-state index is 11.4. The Labute approximate surface area is 116 Å². The maximum Gasteiger partial charge on any atom is 0.231 e. The van der Waals surface area contributed by atoms with Crippen LogP contribution in [0.25, 0.3) is 0 Å². The van der Waals surface area contributed by atoms with E-state index >= 15 is 0 Å². The van der Waals surface area contributed by atoms with Crippen molar-refractivity contribution in [1.82, 2.24) is 15.0 Å². The number of nitrogens with two attached hydrogens (primary N) is 1. The van der Waals surface area contributed by atoms with Crippen LogP contribution in [0.4, 0.5) is 11.9 Å². The van der Waals surface area contributed by atoms with E-state index in [1.165, 1.54) is 0 Å². The number of halogens is 1. The van der Waals surface area contributed by atoms with Crippen LogP contribution >= 0.6 is 11.6 Å². The first-order valence-corrected chi connectivity index (χ1v) is 6.53. The number of primary amides is 1. The molecule has 1 aliphatic rings. The number of hydrogen-bond acceptors (Lipinski definition) is 6. The molecule has 0 spiro atoms. The first-order chi connectivity index (χ1) is 8.94. The summed E-state index contributed by atoms with van der Waals surface area (Å²) in [4.78, 5) is 25.7. The van der Waals surface area contributed by atoms with Gasteiger partial charge in [0, 0.05) is 19.6 Å². The van der Waals surface area contributed by atoms with Crippen LogP contribution in [-0.2, 0) is 4.79 Å². The molecule has 104 valence electrons. The molecule has 3 N–H and O–H groups in total. The Bertz CT molecular complexity index is 496. The van der Waals surface area contributed by atoms with E-state index in [0.717, 1.165) is 0 Å². The molecule has 1 aromatic heterocycles. The van der Waals surface area contributed by atoms with Crippen molar-refractivity contribution in [3.63, 3.8) is 0 Å². The van der Waals surface area contributed by atoms with Gasteiger partial charge in [0.25, 0.3) is 0 Å². The van der Waals surface area contributed by atoms with E-state index in [1.54, 1.807) is 0 Å². The van der Waals surface area contributed by atoms with Crippen molar-refractivity contribution in [2.75, 3.05) is 29.9 Å². The first-order valence-electron chi connectivity index (χ1n) is 6.15. The Morgan fingerprint density at radius 1 is 1.53 bits per heavy atom. The zero-order valence-electron chi connectivity index (χ0n) is 11.0. The summed E-state index contributed by atoms with van der Waals surface area (Å²) in [5.74, 6) is 0.605. The van der Waals surface area contributed by atoms with E-state index in [2.05, 4.69) is 20.3 Å². The summed E-state index contributed by atoms with van der Waals surface area (Å²) >= 11 is 5.88. The summed E-state index contributed by atoms with van der Waals surface area (Å²) in [5, 5.41) is 3.12. The zero-order chi connectivity index (χ0) is 14.0. The molecule has 1 aliphatic heterocycles. The molecule has 2 heterocycles. The lowest BCUT2D eigenvalue weighted by molar-refractivity contribution is -0.125. The monoisotopic (exact) mass is 284 g/mol. The molecule has 0 aliphatic carbocycles. The van der Waals surface area contributed by atoms with Gasteiger partial charge in [0.05, 0.1) is 5.41 Å². The van der Waals surface area contributed by atoms with Gasteiger partial charge >= 0.3 is 0 Å². The van der Waals surface area contributed by atoms with E-state index in [0.29, 0.717) is 38.0 Å². The molecule has 0 saturated carbocycles. The smallest absolute Gasteiger partial charge is 0.231 e. The summed E-state index contributed by atoms with van der Waals surface area (Å²) in [7, 11) is 0. The number of amides is 1. The molecule has 8 heteroatoms. The highest BCUT2D eigenvalue weighted by Crippen LogP contribution is 2.31. The summed E-state index contributed by atoms with van der Waals surface area (Å²) in [6.45, 7) is 5.65. The average molecular weight is 285 g/mol. The number of nitrogens with one attached hydrogen (secondary N) is 1. The second-order valence-corrected chi connectivity index (χ2v) is 5.19. The van der Waals surface area contributed by atoms with Gasteiger partial charge in [0.1, 0.15) is 0 Å². The van der Waals surface area contributed by atoms with Crippen LogP contribution in [0.5, 0.6) is 0 Å². The molecular formula is C11H17ClN6O. The third kappa shape index (κ3) is 2.86. The molecule has 0 aromatic carbocycles. The van der Waals surface area contributed by atoms with E-state index in [1.807, 2.05) is 18.7 Å². The Balaban J connectivity index is 2.21. The highest BCUT2D eigenvalue weighted by atomic mass is 35.5. The highest BCUT2D eigenvalue weighted by Gasteiger charge is 2.40. The van der Waals surface area contributed by atoms with Crippen molar-refractivity contribution < 1.29 is 4.79 Å². The molecule has 7 nitrogen and oxygen atoms in total. The third-order valence-electron chi connectivity index (χ3n) is 3.28. The summed E-state index contributed by atoms with van der Waals surface area (Å²) < 4.78 is 0. The van der Waals surface area contributed by atoms with Crippen LogP contribution < -0.4 is 16.0 Å². The van der Waals surface area contributed by atoms with Crippen molar-refractivity contribution in [1.29, 1.82) is 0 Å². The molecule has 1 saturated heterocycles. The number of hydrogen-bond donors (Lipinski definition) is 2. The maximum atomic E-state index is 11.4. The largest absolute Gasteiger partial charge is 0.369 e. The van der Waals surface area contributed by atoms with E-state index in [9.17, 15) is 4.79 Å². The van der Waals surface area contributed by atoms with Gasteiger partial charge in [0.15, 0.2) is 0 Å². The van der Waals surface area contributed by atoms with Crippen LogP contribution in [0.1, 0.15) is 20.3 Å². The molecule has 1 amide bonds. The van der Waals surface area contributed by atoms with Crippen molar-refractivity contribution in [2.45, 2.75) is 20.3 Å². The van der Waals surface area contributed by atoms with Gasteiger partial charge in [0.2, 0.25) is 23.1 Å². The molecule has 1 aromatic rings. The minimum absolute atomic E-state index is 0.133. The number of carbonyl (C=O) groups is 1. The lowest BCUT2D eigenvalue weighted by Crippen LogP contribution is -2.37. The molecule has 1 fully saturated rings. The van der Waals surface area contributed by atoms with Gasteiger partial charge < -0.3 is 16.0 Å². The number of rotatable bonds is 4. The van der Waals surface area contributed by atoms with Crippen molar-refractivity contribution in [3.8, 4) is 0 Å². The normalized spacial score (nSPS) is 22.6. The van der Waals surface area contributed by atoms with Crippen LogP contribution in [-0.4, -0.2) is 40.5 Å². The van der Waals surface area contributed by atoms with Crippen LogP contribution in [0.2, 0.25) is 5.28 Å². The lowest BCUT2D eigenvalue weighted by Gasteiger charge is -2.21. The van der Waals surface area contributed by atoms with Gasteiger partial charge in [-0.05, 0) is 31.9 Å². The molecular weight excluding hydrogens is 268 g/mol.